The first-order valence-electron chi connectivity index (χ1n) is 4.47. The molecule has 102 valence electrons. The predicted molar refractivity (Wildman–Crippen MR) is 68.0 cm³/mol. The van der Waals surface area contributed by atoms with Gasteiger partial charge in [-0.15, -0.1) is 11.3 Å². The number of ether oxygens (including phenoxy) is 1. The Morgan fingerprint density at radius 2 is 2.22 bits per heavy atom. The molecule has 1 atom stereocenters. The summed E-state index contributed by atoms with van der Waals surface area (Å²) in [5.74, 6) is -1.35. The molecule has 0 aromatic carbocycles. The van der Waals surface area contributed by atoms with Gasteiger partial charge in [0.1, 0.15) is 15.3 Å². The van der Waals surface area contributed by atoms with E-state index in [2.05, 4.69) is 4.74 Å². The third-order valence-corrected chi connectivity index (χ3v) is 5.07. The molecule has 0 radical (unpaired) electrons. The molecule has 1 rings (SSSR count). The molecule has 0 amide bonds. The van der Waals surface area contributed by atoms with E-state index < -0.39 is 22.0 Å². The van der Waals surface area contributed by atoms with Crippen molar-refractivity contribution < 1.29 is 23.1 Å². The number of nitrogens with one attached hydrogen (secondary N) is 1. The monoisotopic (exact) mass is 333 g/mol. The first-order valence-corrected chi connectivity index (χ1v) is 7.52. The Bertz CT molecular complexity index is 542. The lowest BCUT2D eigenvalue weighted by molar-refractivity contribution is -0.140. The maximum Gasteiger partial charge on any atom is 0.324 e. The summed E-state index contributed by atoms with van der Waals surface area (Å²) in [6.07, 6.45) is 0. The fourth-order valence-corrected chi connectivity index (χ4v) is 4.40. The van der Waals surface area contributed by atoms with Gasteiger partial charge in [-0.2, -0.15) is 4.72 Å². The van der Waals surface area contributed by atoms with Gasteiger partial charge in [-0.1, -0.05) is 23.2 Å². The molecule has 0 spiro atoms. The van der Waals surface area contributed by atoms with Crippen molar-refractivity contribution in [2.24, 2.45) is 0 Å². The smallest absolute Gasteiger partial charge is 0.324 e. The Morgan fingerprint density at radius 1 is 1.61 bits per heavy atom. The second-order valence-electron chi connectivity index (χ2n) is 3.16. The Kier molecular flexibility index (Phi) is 5.38. The van der Waals surface area contributed by atoms with E-state index in [1.54, 1.807) is 0 Å². The normalized spacial score (nSPS) is 13.5. The largest absolute Gasteiger partial charge is 0.480 e. The summed E-state index contributed by atoms with van der Waals surface area (Å²) >= 11 is 12.2. The van der Waals surface area contributed by atoms with E-state index in [-0.39, 0.29) is 20.2 Å². The standard InChI is InChI=1S/C8H9Cl2NO5S2/c1-16-3-4(8(12)13)11-18(14,15)5-2-6(9)17-7(5)10/h2,4,11H,3H2,1H3,(H,12,13). The van der Waals surface area contributed by atoms with E-state index in [9.17, 15) is 13.2 Å². The minimum Gasteiger partial charge on any atom is -0.480 e. The quantitative estimate of drug-likeness (QED) is 0.821. The number of hydrogen-bond acceptors (Lipinski definition) is 5. The minimum atomic E-state index is -4.05. The van der Waals surface area contributed by atoms with Gasteiger partial charge < -0.3 is 9.84 Å². The molecule has 2 N–H and O–H groups in total. The van der Waals surface area contributed by atoms with Crippen molar-refractivity contribution in [3.8, 4) is 0 Å². The van der Waals surface area contributed by atoms with Crippen LogP contribution in [0, 0.1) is 0 Å². The number of carbonyl (C=O) groups is 1. The molecule has 1 aromatic rings. The lowest BCUT2D eigenvalue weighted by Crippen LogP contribution is -2.43. The number of carboxylic acid groups (broad SMARTS) is 1. The molecule has 18 heavy (non-hydrogen) atoms. The minimum absolute atomic E-state index is 0.0333. The van der Waals surface area contributed by atoms with Gasteiger partial charge in [0.25, 0.3) is 0 Å². The van der Waals surface area contributed by atoms with Gasteiger partial charge in [0.2, 0.25) is 10.0 Å². The van der Waals surface area contributed by atoms with E-state index in [0.29, 0.717) is 0 Å². The van der Waals surface area contributed by atoms with Crippen LogP contribution in [0.2, 0.25) is 8.67 Å². The van der Waals surface area contributed by atoms with Gasteiger partial charge in [0, 0.05) is 7.11 Å². The summed E-state index contributed by atoms with van der Waals surface area (Å²) < 4.78 is 30.5. The molecule has 0 saturated carbocycles. The van der Waals surface area contributed by atoms with Crippen LogP contribution in [0.5, 0.6) is 0 Å². The van der Waals surface area contributed by atoms with Crippen LogP contribution in [-0.4, -0.2) is 39.3 Å². The molecule has 0 aliphatic carbocycles. The van der Waals surface area contributed by atoms with Crippen molar-refractivity contribution in [1.29, 1.82) is 0 Å². The molecular weight excluding hydrogens is 325 g/mol. The molecule has 0 bridgehead atoms. The van der Waals surface area contributed by atoms with Crippen molar-refractivity contribution in [2.45, 2.75) is 10.9 Å². The number of thiophene rings is 1. The van der Waals surface area contributed by atoms with E-state index in [1.807, 2.05) is 4.72 Å². The molecule has 0 aliphatic rings. The highest BCUT2D eigenvalue weighted by molar-refractivity contribution is 7.89. The van der Waals surface area contributed by atoms with Crippen LogP contribution in [0.25, 0.3) is 0 Å². The number of halogens is 2. The van der Waals surface area contributed by atoms with Crippen LogP contribution >= 0.6 is 34.5 Å². The van der Waals surface area contributed by atoms with E-state index in [1.165, 1.54) is 7.11 Å². The maximum absolute atomic E-state index is 11.9. The zero-order chi connectivity index (χ0) is 13.9. The van der Waals surface area contributed by atoms with E-state index in [4.69, 9.17) is 28.3 Å². The third-order valence-electron chi connectivity index (χ3n) is 1.84. The highest BCUT2D eigenvalue weighted by Gasteiger charge is 2.28. The predicted octanol–water partition coefficient (Wildman–Crippen LogP) is 1.43. The average Bonchev–Trinajstić information content (AvgIpc) is 2.57. The van der Waals surface area contributed by atoms with Gasteiger partial charge in [0.05, 0.1) is 10.9 Å². The van der Waals surface area contributed by atoms with Gasteiger partial charge >= 0.3 is 5.97 Å². The zero-order valence-corrected chi connectivity index (χ0v) is 12.2. The summed E-state index contributed by atoms with van der Waals surface area (Å²) in [5.41, 5.74) is 0. The molecule has 0 aliphatic heterocycles. The van der Waals surface area contributed by atoms with Gasteiger partial charge in [-0.05, 0) is 6.07 Å². The fourth-order valence-electron chi connectivity index (χ4n) is 1.08. The zero-order valence-electron chi connectivity index (χ0n) is 9.01. The number of methoxy groups -OCH3 is 1. The summed E-state index contributed by atoms with van der Waals surface area (Å²) in [4.78, 5) is 10.6. The van der Waals surface area contributed by atoms with Gasteiger partial charge in [-0.25, -0.2) is 8.42 Å². The van der Waals surface area contributed by atoms with Crippen LogP contribution < -0.4 is 4.72 Å². The number of carboxylic acids is 1. The molecule has 1 aromatic heterocycles. The lowest BCUT2D eigenvalue weighted by Gasteiger charge is -2.13. The fraction of sp³-hybridized carbons (Fsp3) is 0.375. The SMILES string of the molecule is COCC(NS(=O)(=O)c1cc(Cl)sc1Cl)C(=O)O. The highest BCUT2D eigenvalue weighted by atomic mass is 35.5. The summed E-state index contributed by atoms with van der Waals surface area (Å²) in [7, 11) is -2.79. The Morgan fingerprint density at radius 3 is 2.61 bits per heavy atom. The van der Waals surface area contributed by atoms with Crippen molar-refractivity contribution in [2.75, 3.05) is 13.7 Å². The van der Waals surface area contributed by atoms with Crippen LogP contribution in [0.4, 0.5) is 0 Å². The number of aliphatic carboxylic acids is 1. The van der Waals surface area contributed by atoms with E-state index >= 15 is 0 Å². The van der Waals surface area contributed by atoms with Gasteiger partial charge in [-0.3, -0.25) is 4.79 Å². The van der Waals surface area contributed by atoms with Crippen LogP contribution in [0.1, 0.15) is 0 Å². The van der Waals surface area contributed by atoms with Crippen LogP contribution in [0.3, 0.4) is 0 Å². The second-order valence-corrected chi connectivity index (χ2v) is 7.12. The third kappa shape index (κ3) is 3.81. The summed E-state index contributed by atoms with van der Waals surface area (Å²) in [6, 6.07) is -0.238. The number of hydrogen-bond donors (Lipinski definition) is 2. The molecule has 1 unspecified atom stereocenters. The van der Waals surface area contributed by atoms with Crippen molar-refractivity contribution in [3.63, 3.8) is 0 Å². The number of rotatable bonds is 6. The topological polar surface area (TPSA) is 92.7 Å². The molecule has 6 nitrogen and oxygen atoms in total. The van der Waals surface area contributed by atoms with Crippen molar-refractivity contribution in [1.82, 2.24) is 4.72 Å². The summed E-state index contributed by atoms with van der Waals surface area (Å²) in [5, 5.41) is 8.83. The lowest BCUT2D eigenvalue weighted by atomic mass is 10.3. The Hall–Kier alpha value is -0.380. The van der Waals surface area contributed by atoms with Gasteiger partial charge in [0.15, 0.2) is 0 Å². The van der Waals surface area contributed by atoms with E-state index in [0.717, 1.165) is 17.4 Å². The molecule has 0 fully saturated rings. The number of sulfonamides is 1. The van der Waals surface area contributed by atoms with Crippen LogP contribution in [0.15, 0.2) is 11.0 Å². The molecule has 1 heterocycles. The average molecular weight is 334 g/mol. The first-order chi connectivity index (χ1) is 8.27. The molecule has 10 heteroatoms. The Labute approximate surface area is 118 Å². The Balaban J connectivity index is 3.00. The molecule has 0 saturated heterocycles. The van der Waals surface area contributed by atoms with Crippen LogP contribution in [-0.2, 0) is 19.6 Å². The highest BCUT2D eigenvalue weighted by Crippen LogP contribution is 2.34. The maximum atomic E-state index is 11.9. The summed E-state index contributed by atoms with van der Waals surface area (Å²) in [6.45, 7) is -0.302. The second kappa shape index (κ2) is 6.18. The van der Waals surface area contributed by atoms with Crippen molar-refractivity contribution in [3.05, 3.63) is 14.7 Å². The first kappa shape index (κ1) is 15.7. The molecular formula is C8H9Cl2NO5S2. The van der Waals surface area contributed by atoms with Crippen molar-refractivity contribution >= 4 is 50.5 Å².